The smallest absolute Gasteiger partial charge is 0.297 e. The lowest BCUT2D eigenvalue weighted by molar-refractivity contribution is 0.257. The van der Waals surface area contributed by atoms with Gasteiger partial charge < -0.3 is 18.8 Å². The highest BCUT2D eigenvalue weighted by Gasteiger charge is 2.19. The Labute approximate surface area is 159 Å². The molecule has 0 radical (unpaired) electrons. The highest BCUT2D eigenvalue weighted by Crippen LogP contribution is 2.35. The van der Waals surface area contributed by atoms with E-state index in [9.17, 15) is 4.79 Å². The first-order valence-electron chi connectivity index (χ1n) is 9.16. The summed E-state index contributed by atoms with van der Waals surface area (Å²) < 4.78 is 18.8. The summed E-state index contributed by atoms with van der Waals surface area (Å²) >= 11 is 0. The number of aryl methyl sites for hydroxylation is 1. The van der Waals surface area contributed by atoms with Gasteiger partial charge in [0.1, 0.15) is 12.4 Å². The van der Waals surface area contributed by atoms with Crippen LogP contribution in [-0.4, -0.2) is 18.3 Å². The minimum Gasteiger partial charge on any atom is -0.497 e. The summed E-state index contributed by atoms with van der Waals surface area (Å²) in [6.45, 7) is 2.93. The maximum Gasteiger partial charge on any atom is 0.297 e. The molecule has 0 fully saturated rings. The van der Waals surface area contributed by atoms with Crippen molar-refractivity contribution in [1.82, 2.24) is 4.57 Å². The van der Waals surface area contributed by atoms with E-state index >= 15 is 0 Å². The molecule has 0 N–H and O–H groups in total. The average Bonchev–Trinajstić information content (AvgIpc) is 2.71. The highest BCUT2D eigenvalue weighted by molar-refractivity contribution is 5.89. The van der Waals surface area contributed by atoms with Crippen LogP contribution in [0.4, 0.5) is 0 Å². The van der Waals surface area contributed by atoms with E-state index in [1.165, 1.54) is 0 Å². The number of aromatic nitrogens is 1. The molecule has 0 amide bonds. The second-order valence-corrected chi connectivity index (χ2v) is 6.38. The molecule has 0 spiro atoms. The Kier molecular flexibility index (Phi) is 6.01. The Morgan fingerprint density at radius 2 is 1.78 bits per heavy atom. The van der Waals surface area contributed by atoms with Crippen LogP contribution in [-0.2, 0) is 13.7 Å². The summed E-state index contributed by atoms with van der Waals surface area (Å²) in [4.78, 5) is 12.9. The van der Waals surface area contributed by atoms with Crippen molar-refractivity contribution in [3.63, 3.8) is 0 Å². The molecule has 0 bridgehead atoms. The predicted octanol–water partition coefficient (Wildman–Crippen LogP) is 4.31. The number of methoxy groups -OCH3 is 1. The topological polar surface area (TPSA) is 49.7 Å². The third-order valence-corrected chi connectivity index (χ3v) is 4.49. The molecule has 0 aliphatic heterocycles. The first-order valence-corrected chi connectivity index (χ1v) is 9.16. The molecule has 0 aliphatic rings. The summed E-state index contributed by atoms with van der Waals surface area (Å²) in [5.74, 6) is 1.43. The van der Waals surface area contributed by atoms with E-state index in [0.29, 0.717) is 24.7 Å². The Balaban J connectivity index is 2.08. The number of unbranched alkanes of at least 4 members (excludes halogenated alkanes) is 1. The van der Waals surface area contributed by atoms with Crippen LogP contribution in [0.2, 0.25) is 0 Å². The number of ether oxygens (including phenoxy) is 3. The molecule has 3 aromatic rings. The number of rotatable bonds is 8. The third kappa shape index (κ3) is 4.08. The van der Waals surface area contributed by atoms with Gasteiger partial charge in [-0.3, -0.25) is 4.79 Å². The zero-order valence-corrected chi connectivity index (χ0v) is 16.0. The van der Waals surface area contributed by atoms with Crippen LogP contribution in [0.1, 0.15) is 25.3 Å². The van der Waals surface area contributed by atoms with E-state index in [1.54, 1.807) is 18.7 Å². The van der Waals surface area contributed by atoms with Gasteiger partial charge in [0.05, 0.1) is 19.2 Å². The molecule has 0 saturated carbocycles. The molecule has 5 heteroatoms. The number of hydrogen-bond acceptors (Lipinski definition) is 4. The molecule has 0 unspecified atom stereocenters. The van der Waals surface area contributed by atoms with Crippen molar-refractivity contribution in [1.29, 1.82) is 0 Å². The lowest BCUT2D eigenvalue weighted by Gasteiger charge is -2.17. The van der Waals surface area contributed by atoms with E-state index in [-0.39, 0.29) is 11.3 Å². The standard InChI is InChI=1S/C22H25NO4/c1-4-5-13-26-21-20(27-15-16-9-7-6-8-10-16)18-12-11-17(25-3)14-19(18)23(2)22(21)24/h6-12,14H,4-5,13,15H2,1-3H3. The van der Waals surface area contributed by atoms with Gasteiger partial charge >= 0.3 is 0 Å². The summed E-state index contributed by atoms with van der Waals surface area (Å²) in [5, 5.41) is 0.820. The Bertz CT molecular complexity index is 963. The fourth-order valence-corrected chi connectivity index (χ4v) is 2.91. The van der Waals surface area contributed by atoms with Crippen molar-refractivity contribution in [2.75, 3.05) is 13.7 Å². The van der Waals surface area contributed by atoms with Crippen molar-refractivity contribution in [3.8, 4) is 17.2 Å². The highest BCUT2D eigenvalue weighted by atomic mass is 16.5. The van der Waals surface area contributed by atoms with Gasteiger partial charge in [-0.2, -0.15) is 0 Å². The Morgan fingerprint density at radius 1 is 1.00 bits per heavy atom. The summed E-state index contributed by atoms with van der Waals surface area (Å²) in [6, 6.07) is 15.5. The second-order valence-electron chi connectivity index (χ2n) is 6.38. The minimum atomic E-state index is -0.213. The molecule has 3 rings (SSSR count). The van der Waals surface area contributed by atoms with Gasteiger partial charge in [-0.25, -0.2) is 0 Å². The van der Waals surface area contributed by atoms with Gasteiger partial charge in [-0.05, 0) is 24.1 Å². The third-order valence-electron chi connectivity index (χ3n) is 4.49. The van der Waals surface area contributed by atoms with E-state index < -0.39 is 0 Å². The normalized spacial score (nSPS) is 10.8. The molecule has 142 valence electrons. The fourth-order valence-electron chi connectivity index (χ4n) is 2.91. The van der Waals surface area contributed by atoms with Gasteiger partial charge in [0.25, 0.3) is 5.56 Å². The zero-order valence-electron chi connectivity index (χ0n) is 16.0. The van der Waals surface area contributed by atoms with Gasteiger partial charge in [-0.15, -0.1) is 0 Å². The molecule has 2 aromatic carbocycles. The lowest BCUT2D eigenvalue weighted by atomic mass is 10.1. The van der Waals surface area contributed by atoms with E-state index in [4.69, 9.17) is 14.2 Å². The van der Waals surface area contributed by atoms with E-state index in [2.05, 4.69) is 6.92 Å². The van der Waals surface area contributed by atoms with Crippen LogP contribution in [0.5, 0.6) is 17.2 Å². The number of fused-ring (bicyclic) bond motifs is 1. The van der Waals surface area contributed by atoms with Crippen molar-refractivity contribution >= 4 is 10.9 Å². The quantitative estimate of drug-likeness (QED) is 0.557. The van der Waals surface area contributed by atoms with Crippen molar-refractivity contribution in [2.24, 2.45) is 7.05 Å². The molecule has 1 aromatic heterocycles. The minimum absolute atomic E-state index is 0.213. The van der Waals surface area contributed by atoms with Crippen LogP contribution >= 0.6 is 0 Å². The van der Waals surface area contributed by atoms with Crippen LogP contribution in [0, 0.1) is 0 Å². The van der Waals surface area contributed by atoms with Crippen molar-refractivity contribution in [3.05, 3.63) is 64.4 Å². The first-order chi connectivity index (χ1) is 13.2. The Morgan fingerprint density at radius 3 is 2.48 bits per heavy atom. The van der Waals surface area contributed by atoms with Crippen LogP contribution in [0.3, 0.4) is 0 Å². The molecule has 27 heavy (non-hydrogen) atoms. The number of pyridine rings is 1. The molecular weight excluding hydrogens is 342 g/mol. The Hall–Kier alpha value is -2.95. The molecule has 0 aliphatic carbocycles. The molecular formula is C22H25NO4. The first kappa shape index (κ1) is 18.8. The SMILES string of the molecule is CCCCOc1c(OCc2ccccc2)c2ccc(OC)cc2n(C)c1=O. The van der Waals surface area contributed by atoms with Crippen molar-refractivity contribution in [2.45, 2.75) is 26.4 Å². The number of hydrogen-bond donors (Lipinski definition) is 0. The average molecular weight is 367 g/mol. The zero-order chi connectivity index (χ0) is 19.2. The predicted molar refractivity (Wildman–Crippen MR) is 107 cm³/mol. The van der Waals surface area contributed by atoms with E-state index in [0.717, 1.165) is 29.3 Å². The van der Waals surface area contributed by atoms with Crippen LogP contribution < -0.4 is 19.8 Å². The van der Waals surface area contributed by atoms with Crippen LogP contribution in [0.25, 0.3) is 10.9 Å². The van der Waals surface area contributed by atoms with Crippen molar-refractivity contribution < 1.29 is 14.2 Å². The summed E-state index contributed by atoms with van der Waals surface area (Å²) in [6.07, 6.45) is 1.87. The second kappa shape index (κ2) is 8.62. The number of nitrogens with zero attached hydrogens (tertiary/aromatic N) is 1. The molecule has 0 atom stereocenters. The monoisotopic (exact) mass is 367 g/mol. The molecule has 5 nitrogen and oxygen atoms in total. The lowest BCUT2D eigenvalue weighted by Crippen LogP contribution is -2.21. The van der Waals surface area contributed by atoms with E-state index in [1.807, 2.05) is 48.5 Å². The molecule has 1 heterocycles. The van der Waals surface area contributed by atoms with Gasteiger partial charge in [0, 0.05) is 18.5 Å². The maximum absolute atomic E-state index is 12.9. The maximum atomic E-state index is 12.9. The van der Waals surface area contributed by atoms with Gasteiger partial charge in [-0.1, -0.05) is 43.7 Å². The van der Waals surface area contributed by atoms with Crippen LogP contribution in [0.15, 0.2) is 53.3 Å². The van der Waals surface area contributed by atoms with Gasteiger partial charge in [0.2, 0.25) is 5.75 Å². The molecule has 0 saturated heterocycles. The largest absolute Gasteiger partial charge is 0.497 e. The number of benzene rings is 2. The van der Waals surface area contributed by atoms with Gasteiger partial charge in [0.15, 0.2) is 5.75 Å². The fraction of sp³-hybridized carbons (Fsp3) is 0.318. The summed E-state index contributed by atoms with van der Waals surface area (Å²) in [5.41, 5.74) is 1.56. The summed E-state index contributed by atoms with van der Waals surface area (Å²) in [7, 11) is 3.34.